The summed E-state index contributed by atoms with van der Waals surface area (Å²) >= 11 is 0. The highest BCUT2D eigenvalue weighted by Gasteiger charge is 2.08. The second-order valence-corrected chi connectivity index (χ2v) is 4.04. The van der Waals surface area contributed by atoms with Crippen molar-refractivity contribution in [1.29, 1.82) is 0 Å². The van der Waals surface area contributed by atoms with Crippen LogP contribution < -0.4 is 15.4 Å². The van der Waals surface area contributed by atoms with Gasteiger partial charge in [0.05, 0.1) is 6.61 Å². The fourth-order valence-electron chi connectivity index (χ4n) is 1.29. The van der Waals surface area contributed by atoms with Crippen LogP contribution in [0.4, 0.5) is 20.7 Å². The van der Waals surface area contributed by atoms with E-state index >= 15 is 0 Å². The SMILES string of the molecule is C/C=C\C=C(/C)Nc1nc(NC)nc(OCCC(F)F)n1. The molecular formula is C13H19F2N5O. The Hall–Kier alpha value is -2.25. The Morgan fingerprint density at radius 2 is 2.00 bits per heavy atom. The maximum Gasteiger partial charge on any atom is 0.323 e. The van der Waals surface area contributed by atoms with Gasteiger partial charge in [0.25, 0.3) is 0 Å². The fraction of sp³-hybridized carbons (Fsp3) is 0.462. The van der Waals surface area contributed by atoms with Gasteiger partial charge in [-0.1, -0.05) is 12.2 Å². The van der Waals surface area contributed by atoms with E-state index in [-0.39, 0.29) is 25.0 Å². The number of hydrogen-bond donors (Lipinski definition) is 2. The summed E-state index contributed by atoms with van der Waals surface area (Å²) in [5, 5.41) is 5.73. The summed E-state index contributed by atoms with van der Waals surface area (Å²) in [5.74, 6) is 0.568. The van der Waals surface area contributed by atoms with Crippen molar-refractivity contribution in [3.05, 3.63) is 23.9 Å². The first-order valence-electron chi connectivity index (χ1n) is 6.46. The van der Waals surface area contributed by atoms with E-state index in [1.165, 1.54) is 0 Å². The molecule has 116 valence electrons. The Morgan fingerprint density at radius 3 is 2.62 bits per heavy atom. The van der Waals surface area contributed by atoms with E-state index in [9.17, 15) is 8.78 Å². The van der Waals surface area contributed by atoms with Gasteiger partial charge >= 0.3 is 6.01 Å². The van der Waals surface area contributed by atoms with Gasteiger partial charge in [-0.3, -0.25) is 0 Å². The summed E-state index contributed by atoms with van der Waals surface area (Å²) < 4.78 is 29.3. The molecule has 1 heterocycles. The van der Waals surface area contributed by atoms with Crippen LogP contribution in [0.25, 0.3) is 0 Å². The van der Waals surface area contributed by atoms with Crippen molar-refractivity contribution >= 4 is 11.9 Å². The summed E-state index contributed by atoms with van der Waals surface area (Å²) in [7, 11) is 1.64. The second kappa shape index (κ2) is 8.83. The lowest BCUT2D eigenvalue weighted by molar-refractivity contribution is 0.111. The Morgan fingerprint density at radius 1 is 1.29 bits per heavy atom. The minimum absolute atomic E-state index is 0.00339. The molecule has 2 N–H and O–H groups in total. The summed E-state index contributed by atoms with van der Waals surface area (Å²) in [6, 6.07) is -0.00339. The highest BCUT2D eigenvalue weighted by molar-refractivity contribution is 5.40. The molecule has 0 saturated heterocycles. The Bertz CT molecular complexity index is 505. The van der Waals surface area contributed by atoms with E-state index in [1.54, 1.807) is 7.05 Å². The molecule has 1 aromatic rings. The fourth-order valence-corrected chi connectivity index (χ4v) is 1.29. The van der Waals surface area contributed by atoms with Crippen molar-refractivity contribution in [2.75, 3.05) is 24.3 Å². The van der Waals surface area contributed by atoms with E-state index in [0.717, 1.165) is 5.70 Å². The minimum Gasteiger partial charge on any atom is -0.463 e. The minimum atomic E-state index is -2.42. The van der Waals surface area contributed by atoms with Gasteiger partial charge in [0, 0.05) is 19.2 Å². The lowest BCUT2D eigenvalue weighted by Crippen LogP contribution is -2.10. The standard InChI is InChI=1S/C13H19F2N5O/c1-4-5-6-9(2)17-12-18-11(16-3)19-13(20-12)21-8-7-10(14)15/h4-6,10H,7-8H2,1-3H3,(H2,16,17,18,19,20)/b5-4-,9-6+. The van der Waals surface area contributed by atoms with Crippen molar-refractivity contribution in [2.45, 2.75) is 26.7 Å². The molecule has 8 heteroatoms. The average Bonchev–Trinajstić information content (AvgIpc) is 2.44. The zero-order valence-electron chi connectivity index (χ0n) is 12.2. The second-order valence-electron chi connectivity index (χ2n) is 4.04. The number of halogens is 2. The monoisotopic (exact) mass is 299 g/mol. The molecule has 0 spiro atoms. The van der Waals surface area contributed by atoms with Crippen molar-refractivity contribution in [1.82, 2.24) is 15.0 Å². The molecule has 0 saturated carbocycles. The summed E-state index contributed by atoms with van der Waals surface area (Å²) in [5.41, 5.74) is 0.819. The molecule has 0 aliphatic rings. The number of nitrogens with zero attached hydrogens (tertiary/aromatic N) is 3. The Kier molecular flexibility index (Phi) is 7.06. The van der Waals surface area contributed by atoms with Crippen LogP contribution in [0, 0.1) is 0 Å². The van der Waals surface area contributed by atoms with Crippen molar-refractivity contribution in [3.8, 4) is 6.01 Å². The van der Waals surface area contributed by atoms with Crippen LogP contribution >= 0.6 is 0 Å². The molecule has 0 unspecified atom stereocenters. The molecule has 6 nitrogen and oxygen atoms in total. The smallest absolute Gasteiger partial charge is 0.323 e. The molecule has 1 aromatic heterocycles. The molecular weight excluding hydrogens is 280 g/mol. The van der Waals surface area contributed by atoms with Crippen molar-refractivity contribution < 1.29 is 13.5 Å². The number of anilines is 2. The molecule has 0 aliphatic carbocycles. The lowest BCUT2D eigenvalue weighted by atomic mass is 10.4. The summed E-state index contributed by atoms with van der Waals surface area (Å²) in [6.07, 6.45) is 2.81. The molecule has 0 radical (unpaired) electrons. The number of rotatable bonds is 8. The molecule has 21 heavy (non-hydrogen) atoms. The maximum absolute atomic E-state index is 12.1. The summed E-state index contributed by atoms with van der Waals surface area (Å²) in [6.45, 7) is 3.60. The third-order valence-corrected chi connectivity index (χ3v) is 2.25. The van der Waals surface area contributed by atoms with Crippen molar-refractivity contribution in [2.24, 2.45) is 0 Å². The van der Waals surface area contributed by atoms with Crippen LogP contribution in [-0.4, -0.2) is 35.0 Å². The Labute approximate surface area is 122 Å². The maximum atomic E-state index is 12.1. The number of alkyl halides is 2. The average molecular weight is 299 g/mol. The zero-order chi connectivity index (χ0) is 15.7. The van der Waals surface area contributed by atoms with Gasteiger partial charge in [0.2, 0.25) is 18.3 Å². The van der Waals surface area contributed by atoms with E-state index in [4.69, 9.17) is 4.74 Å². The highest BCUT2D eigenvalue weighted by atomic mass is 19.3. The van der Waals surface area contributed by atoms with Crippen LogP contribution in [0.1, 0.15) is 20.3 Å². The molecule has 1 rings (SSSR count). The quantitative estimate of drug-likeness (QED) is 0.719. The van der Waals surface area contributed by atoms with Gasteiger partial charge in [-0.15, -0.1) is 0 Å². The number of ether oxygens (including phenoxy) is 1. The molecule has 0 fully saturated rings. The molecule has 0 bridgehead atoms. The topological polar surface area (TPSA) is 72.0 Å². The zero-order valence-corrected chi connectivity index (χ0v) is 12.2. The van der Waals surface area contributed by atoms with Gasteiger partial charge < -0.3 is 15.4 Å². The van der Waals surface area contributed by atoms with Crippen LogP contribution in [0.2, 0.25) is 0 Å². The molecule has 0 amide bonds. The molecule has 0 aliphatic heterocycles. The van der Waals surface area contributed by atoms with Crippen LogP contribution in [0.3, 0.4) is 0 Å². The first-order valence-corrected chi connectivity index (χ1v) is 6.46. The van der Waals surface area contributed by atoms with Gasteiger partial charge in [-0.2, -0.15) is 15.0 Å². The third kappa shape index (κ3) is 6.64. The predicted molar refractivity (Wildman–Crippen MR) is 77.7 cm³/mol. The van der Waals surface area contributed by atoms with Crippen LogP contribution in [-0.2, 0) is 0 Å². The van der Waals surface area contributed by atoms with E-state index in [2.05, 4.69) is 25.6 Å². The first-order chi connectivity index (χ1) is 10.0. The summed E-state index contributed by atoms with van der Waals surface area (Å²) in [4.78, 5) is 12.1. The predicted octanol–water partition coefficient (Wildman–Crippen LogP) is 2.84. The van der Waals surface area contributed by atoms with E-state index in [0.29, 0.717) is 5.95 Å². The Balaban J connectivity index is 2.79. The van der Waals surface area contributed by atoms with Crippen molar-refractivity contribution in [3.63, 3.8) is 0 Å². The van der Waals surface area contributed by atoms with Gasteiger partial charge in [-0.25, -0.2) is 8.78 Å². The first kappa shape index (κ1) is 16.8. The number of hydrogen-bond acceptors (Lipinski definition) is 6. The van der Waals surface area contributed by atoms with Gasteiger partial charge in [-0.05, 0) is 19.9 Å². The van der Waals surface area contributed by atoms with E-state index < -0.39 is 6.43 Å². The largest absolute Gasteiger partial charge is 0.463 e. The number of nitrogens with one attached hydrogen (secondary N) is 2. The highest BCUT2D eigenvalue weighted by Crippen LogP contribution is 2.13. The van der Waals surface area contributed by atoms with Crippen LogP contribution in [0.5, 0.6) is 6.01 Å². The van der Waals surface area contributed by atoms with E-state index in [1.807, 2.05) is 32.1 Å². The van der Waals surface area contributed by atoms with Crippen LogP contribution in [0.15, 0.2) is 23.9 Å². The van der Waals surface area contributed by atoms with Gasteiger partial charge in [0.15, 0.2) is 0 Å². The third-order valence-electron chi connectivity index (χ3n) is 2.25. The number of allylic oxidation sites excluding steroid dienone is 4. The normalized spacial score (nSPS) is 12.0. The molecule has 0 atom stereocenters. The lowest BCUT2D eigenvalue weighted by Gasteiger charge is -2.09. The van der Waals surface area contributed by atoms with Gasteiger partial charge in [0.1, 0.15) is 0 Å². The number of aromatic nitrogens is 3. The molecule has 0 aromatic carbocycles.